The molecule has 0 bridgehead atoms. The lowest BCUT2D eigenvalue weighted by atomic mass is 10.0. The first kappa shape index (κ1) is 20.0. The van der Waals surface area contributed by atoms with Crippen LogP contribution in [0, 0.1) is 19.8 Å². The van der Waals surface area contributed by atoms with E-state index in [2.05, 4.69) is 56.4 Å². The number of aryl methyl sites for hydroxylation is 2. The molecule has 0 unspecified atom stereocenters. The Morgan fingerprint density at radius 2 is 1.92 bits per heavy atom. The zero-order chi connectivity index (χ0) is 19.5. The van der Waals surface area contributed by atoms with Crippen LogP contribution in [0.5, 0.6) is 0 Å². The van der Waals surface area contributed by atoms with Crippen molar-refractivity contribution in [3.63, 3.8) is 0 Å². The number of nitrogens with zero attached hydrogens (tertiary/aromatic N) is 2. The summed E-state index contributed by atoms with van der Waals surface area (Å²) in [6.45, 7) is 15.3. The Balaban J connectivity index is 2.20. The van der Waals surface area contributed by atoms with Crippen LogP contribution in [0.25, 0.3) is 11.3 Å². The summed E-state index contributed by atoms with van der Waals surface area (Å²) in [5.41, 5.74) is 3.83. The topological polar surface area (TPSA) is 58.4 Å². The summed E-state index contributed by atoms with van der Waals surface area (Å²) in [6, 6.07) is 8.10. The Morgan fingerprint density at radius 1 is 1.23 bits per heavy atom. The van der Waals surface area contributed by atoms with Crippen molar-refractivity contribution in [2.24, 2.45) is 5.92 Å². The minimum Gasteiger partial charge on any atom is -0.356 e. The molecular weight excluding hydrogens is 326 g/mol. The smallest absolute Gasteiger partial charge is 0.318 e. The summed E-state index contributed by atoms with van der Waals surface area (Å²) < 4.78 is 5.56. The molecule has 5 nitrogen and oxygen atoms in total. The van der Waals surface area contributed by atoms with Crippen LogP contribution in [-0.4, -0.2) is 28.2 Å². The van der Waals surface area contributed by atoms with E-state index < -0.39 is 0 Å². The molecule has 1 heterocycles. The van der Waals surface area contributed by atoms with E-state index in [4.69, 9.17) is 4.52 Å². The highest BCUT2D eigenvalue weighted by molar-refractivity contribution is 5.75. The number of hydrogen-bond donors (Lipinski definition) is 1. The predicted octanol–water partition coefficient (Wildman–Crippen LogP) is 4.92. The normalized spacial score (nSPS) is 11.7. The third kappa shape index (κ3) is 5.61. The second-order valence-electron chi connectivity index (χ2n) is 8.46. The SMILES string of the molecule is Cc1ccc(C)c(-c2cc(CN(CC(C)C)C(=O)NC(C)(C)C)no2)c1. The summed E-state index contributed by atoms with van der Waals surface area (Å²) in [5, 5.41) is 7.22. The maximum absolute atomic E-state index is 12.6. The molecule has 0 radical (unpaired) electrons. The highest BCUT2D eigenvalue weighted by atomic mass is 16.5. The van der Waals surface area contributed by atoms with E-state index in [0.29, 0.717) is 19.0 Å². The molecule has 0 spiro atoms. The van der Waals surface area contributed by atoms with Gasteiger partial charge >= 0.3 is 6.03 Å². The molecule has 0 saturated heterocycles. The Bertz CT molecular complexity index is 757. The van der Waals surface area contributed by atoms with Crippen molar-refractivity contribution in [3.8, 4) is 11.3 Å². The van der Waals surface area contributed by atoms with Gasteiger partial charge < -0.3 is 14.7 Å². The molecule has 2 amide bonds. The minimum absolute atomic E-state index is 0.0810. The average Bonchev–Trinajstić information content (AvgIpc) is 2.95. The van der Waals surface area contributed by atoms with E-state index in [1.54, 1.807) is 4.90 Å². The number of carbonyl (C=O) groups is 1. The lowest BCUT2D eigenvalue weighted by Gasteiger charge is -2.29. The summed E-state index contributed by atoms with van der Waals surface area (Å²) in [4.78, 5) is 14.4. The van der Waals surface area contributed by atoms with E-state index in [0.717, 1.165) is 22.6 Å². The van der Waals surface area contributed by atoms with Gasteiger partial charge in [-0.3, -0.25) is 0 Å². The van der Waals surface area contributed by atoms with Gasteiger partial charge in [0.15, 0.2) is 5.76 Å². The number of nitrogens with one attached hydrogen (secondary N) is 1. The van der Waals surface area contributed by atoms with E-state index >= 15 is 0 Å². The number of carbonyl (C=O) groups excluding carboxylic acids is 1. The molecule has 0 atom stereocenters. The van der Waals surface area contributed by atoms with Crippen molar-refractivity contribution in [2.75, 3.05) is 6.54 Å². The monoisotopic (exact) mass is 357 g/mol. The van der Waals surface area contributed by atoms with Gasteiger partial charge in [-0.1, -0.05) is 36.7 Å². The fourth-order valence-corrected chi connectivity index (χ4v) is 2.77. The van der Waals surface area contributed by atoms with Crippen molar-refractivity contribution in [1.29, 1.82) is 0 Å². The van der Waals surface area contributed by atoms with E-state index in [1.807, 2.05) is 26.8 Å². The molecule has 2 aromatic rings. The van der Waals surface area contributed by atoms with Crippen LogP contribution in [0.15, 0.2) is 28.8 Å². The third-order valence-electron chi connectivity index (χ3n) is 3.93. The van der Waals surface area contributed by atoms with Crippen molar-refractivity contribution in [1.82, 2.24) is 15.4 Å². The highest BCUT2D eigenvalue weighted by Crippen LogP contribution is 2.25. The van der Waals surface area contributed by atoms with Gasteiger partial charge in [-0.25, -0.2) is 4.79 Å². The lowest BCUT2D eigenvalue weighted by Crippen LogP contribution is -2.49. The molecule has 1 aromatic heterocycles. The molecule has 0 fully saturated rings. The zero-order valence-corrected chi connectivity index (χ0v) is 17.0. The first-order valence-corrected chi connectivity index (χ1v) is 9.15. The lowest BCUT2D eigenvalue weighted by molar-refractivity contribution is 0.177. The van der Waals surface area contributed by atoms with Gasteiger partial charge in [0.25, 0.3) is 0 Å². The summed E-state index contributed by atoms with van der Waals surface area (Å²) >= 11 is 0. The van der Waals surface area contributed by atoms with Gasteiger partial charge in [0.2, 0.25) is 0 Å². The first-order chi connectivity index (χ1) is 12.0. The van der Waals surface area contributed by atoms with Crippen molar-refractivity contribution >= 4 is 6.03 Å². The highest BCUT2D eigenvalue weighted by Gasteiger charge is 2.22. The van der Waals surface area contributed by atoms with Crippen LogP contribution < -0.4 is 5.32 Å². The fourth-order valence-electron chi connectivity index (χ4n) is 2.77. The van der Waals surface area contributed by atoms with Crippen LogP contribution >= 0.6 is 0 Å². The molecule has 1 N–H and O–H groups in total. The molecule has 0 aliphatic rings. The number of hydrogen-bond acceptors (Lipinski definition) is 3. The number of benzene rings is 1. The molecule has 26 heavy (non-hydrogen) atoms. The third-order valence-corrected chi connectivity index (χ3v) is 3.93. The first-order valence-electron chi connectivity index (χ1n) is 9.15. The van der Waals surface area contributed by atoms with E-state index in [1.165, 1.54) is 5.56 Å². The maximum Gasteiger partial charge on any atom is 0.318 e. The van der Waals surface area contributed by atoms with Crippen molar-refractivity contribution in [2.45, 2.75) is 60.5 Å². The van der Waals surface area contributed by atoms with Crippen LogP contribution in [-0.2, 0) is 6.54 Å². The molecule has 5 heteroatoms. The minimum atomic E-state index is -0.278. The van der Waals surface area contributed by atoms with Gasteiger partial charge in [0.05, 0.1) is 6.54 Å². The molecule has 0 aliphatic heterocycles. The second kappa shape index (κ2) is 7.94. The molecule has 0 aliphatic carbocycles. The summed E-state index contributed by atoms with van der Waals surface area (Å²) in [7, 11) is 0. The summed E-state index contributed by atoms with van der Waals surface area (Å²) in [6.07, 6.45) is 0. The standard InChI is InChI=1S/C21H31N3O2/c1-14(2)12-24(20(25)22-21(5,6)7)13-17-11-19(26-23-17)18-10-15(3)8-9-16(18)4/h8-11,14H,12-13H2,1-7H3,(H,22,25). The Labute approximate surface area is 156 Å². The number of urea groups is 1. The second-order valence-corrected chi connectivity index (χ2v) is 8.46. The molecule has 142 valence electrons. The van der Waals surface area contributed by atoms with Crippen molar-refractivity contribution < 1.29 is 9.32 Å². The van der Waals surface area contributed by atoms with E-state index in [9.17, 15) is 4.79 Å². The average molecular weight is 357 g/mol. The van der Waals surface area contributed by atoms with Gasteiger partial charge in [-0.15, -0.1) is 0 Å². The maximum atomic E-state index is 12.6. The van der Waals surface area contributed by atoms with Crippen LogP contribution in [0.2, 0.25) is 0 Å². The molecule has 1 aromatic carbocycles. The molecule has 0 saturated carbocycles. The van der Waals surface area contributed by atoms with Crippen LogP contribution in [0.1, 0.15) is 51.4 Å². The zero-order valence-electron chi connectivity index (χ0n) is 17.0. The number of rotatable bonds is 5. The quantitative estimate of drug-likeness (QED) is 0.826. The number of aromatic nitrogens is 1. The van der Waals surface area contributed by atoms with Crippen molar-refractivity contribution in [3.05, 3.63) is 41.1 Å². The van der Waals surface area contributed by atoms with Gasteiger partial charge in [0.1, 0.15) is 5.69 Å². The van der Waals surface area contributed by atoms with Gasteiger partial charge in [-0.2, -0.15) is 0 Å². The van der Waals surface area contributed by atoms with Crippen LogP contribution in [0.4, 0.5) is 4.79 Å². The summed E-state index contributed by atoms with van der Waals surface area (Å²) in [5.74, 6) is 1.10. The largest absolute Gasteiger partial charge is 0.356 e. The van der Waals surface area contributed by atoms with E-state index in [-0.39, 0.29) is 11.6 Å². The van der Waals surface area contributed by atoms with Crippen LogP contribution in [0.3, 0.4) is 0 Å². The predicted molar refractivity (Wildman–Crippen MR) is 105 cm³/mol. The molecule has 2 rings (SSSR count). The Morgan fingerprint density at radius 3 is 2.54 bits per heavy atom. The Kier molecular flexibility index (Phi) is 6.11. The number of amides is 2. The Hall–Kier alpha value is -2.30. The van der Waals surface area contributed by atoms with Gasteiger partial charge in [-0.05, 0) is 52.2 Å². The fraction of sp³-hybridized carbons (Fsp3) is 0.524. The molecular formula is C21H31N3O2. The van der Waals surface area contributed by atoms with Gasteiger partial charge in [0, 0.05) is 23.7 Å².